The van der Waals surface area contributed by atoms with Gasteiger partial charge in [0.2, 0.25) is 0 Å². The average Bonchev–Trinajstić information content (AvgIpc) is 2.34. The molecule has 1 N–H and O–H groups in total. The highest BCUT2D eigenvalue weighted by Crippen LogP contribution is 2.08. The summed E-state index contributed by atoms with van der Waals surface area (Å²) in [7, 11) is 0. The summed E-state index contributed by atoms with van der Waals surface area (Å²) in [6.07, 6.45) is 2.67. The highest BCUT2D eigenvalue weighted by molar-refractivity contribution is 5.74. The van der Waals surface area contributed by atoms with E-state index in [1.165, 1.54) is 0 Å². The number of hydrogen-bond acceptors (Lipinski definition) is 2. The Morgan fingerprint density at radius 3 is 2.16 bits per heavy atom. The highest BCUT2D eigenvalue weighted by Gasteiger charge is 2.21. The first-order valence-corrected chi connectivity index (χ1v) is 7.21. The Morgan fingerprint density at radius 1 is 1.11 bits per heavy atom. The van der Waals surface area contributed by atoms with Crippen LogP contribution in [0, 0.1) is 0 Å². The number of carboxylic acids is 1. The van der Waals surface area contributed by atoms with E-state index in [1.54, 1.807) is 4.90 Å². The standard InChI is InChI=1S/C14H28N2O3/c1-5-7-10-15(6-2)14(19)16(12(3)4)11-8-9-13(17)18/h12H,5-11H2,1-4H3,(H,17,18). The van der Waals surface area contributed by atoms with Crippen molar-refractivity contribution in [3.63, 3.8) is 0 Å². The van der Waals surface area contributed by atoms with Gasteiger partial charge in [0.25, 0.3) is 0 Å². The van der Waals surface area contributed by atoms with E-state index in [0.717, 1.165) is 19.4 Å². The van der Waals surface area contributed by atoms with Gasteiger partial charge in [-0.25, -0.2) is 4.79 Å². The molecule has 0 atom stereocenters. The summed E-state index contributed by atoms with van der Waals surface area (Å²) >= 11 is 0. The number of urea groups is 1. The van der Waals surface area contributed by atoms with E-state index in [2.05, 4.69) is 6.92 Å². The van der Waals surface area contributed by atoms with Crippen LogP contribution in [0.2, 0.25) is 0 Å². The van der Waals surface area contributed by atoms with Gasteiger partial charge in [0.15, 0.2) is 0 Å². The average molecular weight is 272 g/mol. The highest BCUT2D eigenvalue weighted by atomic mass is 16.4. The lowest BCUT2D eigenvalue weighted by Gasteiger charge is -2.32. The lowest BCUT2D eigenvalue weighted by molar-refractivity contribution is -0.137. The largest absolute Gasteiger partial charge is 0.481 e. The molecular weight excluding hydrogens is 244 g/mol. The van der Waals surface area contributed by atoms with Crippen LogP contribution in [0.4, 0.5) is 4.79 Å². The van der Waals surface area contributed by atoms with Crippen LogP contribution in [0.1, 0.15) is 53.4 Å². The Hall–Kier alpha value is -1.26. The summed E-state index contributed by atoms with van der Waals surface area (Å²) in [6, 6.07) is 0.119. The molecule has 0 aromatic rings. The Kier molecular flexibility index (Phi) is 9.00. The number of amides is 2. The first kappa shape index (κ1) is 17.7. The van der Waals surface area contributed by atoms with Crippen LogP contribution < -0.4 is 0 Å². The van der Waals surface area contributed by atoms with Gasteiger partial charge in [-0.1, -0.05) is 13.3 Å². The summed E-state index contributed by atoms with van der Waals surface area (Å²) in [5, 5.41) is 8.66. The molecule has 112 valence electrons. The second kappa shape index (κ2) is 9.64. The minimum absolute atomic E-state index is 0.0244. The first-order chi connectivity index (χ1) is 8.93. The van der Waals surface area contributed by atoms with Gasteiger partial charge in [-0.2, -0.15) is 0 Å². The van der Waals surface area contributed by atoms with Gasteiger partial charge < -0.3 is 14.9 Å². The lowest BCUT2D eigenvalue weighted by Crippen LogP contribution is -2.47. The summed E-state index contributed by atoms with van der Waals surface area (Å²) in [5.74, 6) is -0.811. The van der Waals surface area contributed by atoms with Gasteiger partial charge in [-0.15, -0.1) is 0 Å². The topological polar surface area (TPSA) is 60.9 Å². The second-order valence-electron chi connectivity index (χ2n) is 5.00. The van der Waals surface area contributed by atoms with E-state index in [1.807, 2.05) is 25.7 Å². The van der Waals surface area contributed by atoms with Gasteiger partial charge >= 0.3 is 12.0 Å². The molecule has 0 aliphatic carbocycles. The zero-order chi connectivity index (χ0) is 14.8. The Bertz CT molecular complexity index is 280. The summed E-state index contributed by atoms with van der Waals surface area (Å²) in [4.78, 5) is 26.5. The number of carboxylic acid groups (broad SMARTS) is 1. The molecule has 0 aliphatic rings. The van der Waals surface area contributed by atoms with Crippen molar-refractivity contribution in [3.8, 4) is 0 Å². The van der Waals surface area contributed by atoms with Crippen molar-refractivity contribution >= 4 is 12.0 Å². The predicted molar refractivity (Wildman–Crippen MR) is 76.3 cm³/mol. The molecule has 5 heteroatoms. The lowest BCUT2D eigenvalue weighted by atomic mass is 10.2. The third-order valence-corrected chi connectivity index (χ3v) is 3.09. The fourth-order valence-corrected chi connectivity index (χ4v) is 1.89. The Labute approximate surface area is 116 Å². The van der Waals surface area contributed by atoms with Gasteiger partial charge in [-0.3, -0.25) is 4.79 Å². The number of unbranched alkanes of at least 4 members (excludes halogenated alkanes) is 1. The van der Waals surface area contributed by atoms with Crippen molar-refractivity contribution in [2.24, 2.45) is 0 Å². The fraction of sp³-hybridized carbons (Fsp3) is 0.857. The zero-order valence-corrected chi connectivity index (χ0v) is 12.7. The summed E-state index contributed by atoms with van der Waals surface area (Å²) in [5.41, 5.74) is 0. The van der Waals surface area contributed by atoms with Crippen molar-refractivity contribution in [3.05, 3.63) is 0 Å². The molecule has 0 heterocycles. The van der Waals surface area contributed by atoms with Gasteiger partial charge in [0.05, 0.1) is 0 Å². The van der Waals surface area contributed by atoms with Crippen molar-refractivity contribution in [2.45, 2.75) is 59.4 Å². The summed E-state index contributed by atoms with van der Waals surface area (Å²) < 4.78 is 0. The number of carbonyl (C=O) groups is 2. The molecule has 0 radical (unpaired) electrons. The van der Waals surface area contributed by atoms with E-state index in [0.29, 0.717) is 19.5 Å². The monoisotopic (exact) mass is 272 g/mol. The van der Waals surface area contributed by atoms with E-state index in [4.69, 9.17) is 5.11 Å². The maximum atomic E-state index is 12.4. The smallest absolute Gasteiger partial charge is 0.320 e. The van der Waals surface area contributed by atoms with Crippen LogP contribution >= 0.6 is 0 Å². The normalized spacial score (nSPS) is 10.6. The van der Waals surface area contributed by atoms with Crippen LogP contribution in [-0.4, -0.2) is 52.6 Å². The van der Waals surface area contributed by atoms with Crippen molar-refractivity contribution in [2.75, 3.05) is 19.6 Å². The van der Waals surface area contributed by atoms with E-state index in [-0.39, 0.29) is 18.5 Å². The molecule has 2 amide bonds. The van der Waals surface area contributed by atoms with Crippen LogP contribution in [0.3, 0.4) is 0 Å². The molecule has 0 saturated heterocycles. The van der Waals surface area contributed by atoms with Crippen LogP contribution in [0.5, 0.6) is 0 Å². The van der Waals surface area contributed by atoms with Gasteiger partial charge in [0.1, 0.15) is 0 Å². The molecule has 0 saturated carbocycles. The number of aliphatic carboxylic acids is 1. The molecule has 0 unspecified atom stereocenters. The minimum atomic E-state index is -0.811. The molecule has 0 fully saturated rings. The zero-order valence-electron chi connectivity index (χ0n) is 12.7. The Balaban J connectivity index is 4.48. The number of hydrogen-bond donors (Lipinski definition) is 1. The summed E-state index contributed by atoms with van der Waals surface area (Å²) in [6.45, 7) is 9.98. The van der Waals surface area contributed by atoms with E-state index in [9.17, 15) is 9.59 Å². The van der Waals surface area contributed by atoms with Gasteiger partial charge in [-0.05, 0) is 33.6 Å². The maximum absolute atomic E-state index is 12.4. The van der Waals surface area contributed by atoms with Crippen LogP contribution in [0.25, 0.3) is 0 Å². The molecule has 0 bridgehead atoms. The minimum Gasteiger partial charge on any atom is -0.481 e. The molecule has 0 spiro atoms. The SMILES string of the molecule is CCCCN(CC)C(=O)N(CCCC(=O)O)C(C)C. The number of carbonyl (C=O) groups excluding carboxylic acids is 1. The van der Waals surface area contributed by atoms with Gasteiger partial charge in [0, 0.05) is 32.1 Å². The molecule has 0 rings (SSSR count). The number of nitrogens with zero attached hydrogens (tertiary/aromatic N) is 2. The number of rotatable bonds is 9. The van der Waals surface area contributed by atoms with Crippen molar-refractivity contribution in [1.82, 2.24) is 9.80 Å². The molecular formula is C14H28N2O3. The molecule has 0 aromatic carbocycles. The van der Waals surface area contributed by atoms with E-state index >= 15 is 0 Å². The maximum Gasteiger partial charge on any atom is 0.320 e. The molecule has 5 nitrogen and oxygen atoms in total. The predicted octanol–water partition coefficient (Wildman–Crippen LogP) is 2.80. The molecule has 0 aromatic heterocycles. The quantitative estimate of drug-likeness (QED) is 0.702. The van der Waals surface area contributed by atoms with Crippen molar-refractivity contribution in [1.29, 1.82) is 0 Å². The van der Waals surface area contributed by atoms with Crippen LogP contribution in [-0.2, 0) is 4.79 Å². The fourth-order valence-electron chi connectivity index (χ4n) is 1.89. The Morgan fingerprint density at radius 2 is 1.74 bits per heavy atom. The van der Waals surface area contributed by atoms with E-state index < -0.39 is 5.97 Å². The third kappa shape index (κ3) is 7.03. The molecule has 19 heavy (non-hydrogen) atoms. The third-order valence-electron chi connectivity index (χ3n) is 3.09. The first-order valence-electron chi connectivity index (χ1n) is 7.21. The van der Waals surface area contributed by atoms with Crippen LogP contribution in [0.15, 0.2) is 0 Å². The van der Waals surface area contributed by atoms with Crippen molar-refractivity contribution < 1.29 is 14.7 Å². The second-order valence-corrected chi connectivity index (χ2v) is 5.00. The molecule has 0 aliphatic heterocycles.